The fourth-order valence-electron chi connectivity index (χ4n) is 1.03. The molecule has 1 N–H and O–H groups in total. The van der Waals surface area contributed by atoms with Crippen LogP contribution in [-0.4, -0.2) is 31.8 Å². The Balaban J connectivity index is 2.14. The number of rotatable bonds is 3. The van der Waals surface area contributed by atoms with Gasteiger partial charge in [0.2, 0.25) is 0 Å². The SMILES string of the molecule is O=[N+]([O-])c1ccc(/C=N/c2nn[nH]n2)cc1. The first-order valence-corrected chi connectivity index (χ1v) is 4.28. The summed E-state index contributed by atoms with van der Waals surface area (Å²) in [6.07, 6.45) is 1.49. The summed E-state index contributed by atoms with van der Waals surface area (Å²) < 4.78 is 0. The molecule has 0 aliphatic rings. The van der Waals surface area contributed by atoms with E-state index < -0.39 is 4.92 Å². The largest absolute Gasteiger partial charge is 0.288 e. The van der Waals surface area contributed by atoms with Gasteiger partial charge in [-0.05, 0) is 22.9 Å². The summed E-state index contributed by atoms with van der Waals surface area (Å²) >= 11 is 0. The van der Waals surface area contributed by atoms with E-state index in [0.29, 0.717) is 0 Å². The second kappa shape index (κ2) is 4.26. The van der Waals surface area contributed by atoms with Crippen LogP contribution in [0.5, 0.6) is 0 Å². The van der Waals surface area contributed by atoms with Gasteiger partial charge in [0.05, 0.1) is 4.92 Å². The Kier molecular flexibility index (Phi) is 2.63. The number of H-pyrrole nitrogens is 1. The number of hydrogen-bond donors (Lipinski definition) is 1. The van der Waals surface area contributed by atoms with E-state index in [2.05, 4.69) is 25.6 Å². The molecule has 0 unspecified atom stereocenters. The summed E-state index contributed by atoms with van der Waals surface area (Å²) in [6, 6.07) is 5.97. The van der Waals surface area contributed by atoms with Crippen molar-refractivity contribution in [3.8, 4) is 0 Å². The zero-order valence-electron chi connectivity index (χ0n) is 7.94. The number of nitrogens with one attached hydrogen (secondary N) is 1. The summed E-state index contributed by atoms with van der Waals surface area (Å²) in [5.74, 6) is 0.207. The van der Waals surface area contributed by atoms with E-state index >= 15 is 0 Å². The molecule has 0 aliphatic heterocycles. The predicted octanol–water partition coefficient (Wildman–Crippen LogP) is 0.858. The van der Waals surface area contributed by atoms with E-state index in [9.17, 15) is 10.1 Å². The van der Waals surface area contributed by atoms with Gasteiger partial charge in [-0.1, -0.05) is 5.10 Å². The van der Waals surface area contributed by atoms with Crippen molar-refractivity contribution in [3.05, 3.63) is 39.9 Å². The number of hydrogen-bond acceptors (Lipinski definition) is 6. The van der Waals surface area contributed by atoms with Gasteiger partial charge in [0, 0.05) is 18.3 Å². The number of aromatic nitrogens is 4. The van der Waals surface area contributed by atoms with Crippen LogP contribution < -0.4 is 0 Å². The van der Waals surface area contributed by atoms with Gasteiger partial charge in [0.1, 0.15) is 0 Å². The number of nitro groups is 1. The number of nitro benzene ring substituents is 1. The van der Waals surface area contributed by atoms with E-state index in [-0.39, 0.29) is 11.6 Å². The van der Waals surface area contributed by atoms with Crippen LogP contribution in [0.15, 0.2) is 29.3 Å². The first-order valence-electron chi connectivity index (χ1n) is 4.28. The zero-order chi connectivity index (χ0) is 11.4. The van der Waals surface area contributed by atoms with Gasteiger partial charge in [-0.15, -0.1) is 5.10 Å². The number of aliphatic imine (C=N–C) groups is 1. The highest BCUT2D eigenvalue weighted by atomic mass is 16.6. The standard InChI is InChI=1S/C8H6N6O2/c15-14(16)7-3-1-6(2-4-7)5-9-8-10-12-13-11-8/h1-5H,(H,10,11,12,13)/b9-5+. The quantitative estimate of drug-likeness (QED) is 0.466. The lowest BCUT2D eigenvalue weighted by molar-refractivity contribution is -0.384. The molecule has 0 spiro atoms. The van der Waals surface area contributed by atoms with Crippen LogP contribution in [0, 0.1) is 10.1 Å². The molecule has 0 saturated heterocycles. The molecule has 0 atom stereocenters. The maximum atomic E-state index is 10.4. The molecule has 0 radical (unpaired) electrons. The van der Waals surface area contributed by atoms with Gasteiger partial charge < -0.3 is 0 Å². The second-order valence-corrected chi connectivity index (χ2v) is 2.82. The van der Waals surface area contributed by atoms with E-state index in [1.807, 2.05) is 0 Å². The predicted molar refractivity (Wildman–Crippen MR) is 54.5 cm³/mol. The van der Waals surface area contributed by atoms with Crippen molar-refractivity contribution in [1.29, 1.82) is 0 Å². The van der Waals surface area contributed by atoms with Gasteiger partial charge in [-0.3, -0.25) is 10.1 Å². The van der Waals surface area contributed by atoms with Gasteiger partial charge in [0.25, 0.3) is 11.6 Å². The molecule has 2 aromatic rings. The summed E-state index contributed by atoms with van der Waals surface area (Å²) in [5.41, 5.74) is 0.757. The van der Waals surface area contributed by atoms with E-state index in [4.69, 9.17) is 0 Å². The lowest BCUT2D eigenvalue weighted by atomic mass is 10.2. The summed E-state index contributed by atoms with van der Waals surface area (Å²) in [4.78, 5) is 13.8. The van der Waals surface area contributed by atoms with Crippen LogP contribution in [0.25, 0.3) is 0 Å². The minimum absolute atomic E-state index is 0.0386. The number of benzene rings is 1. The third kappa shape index (κ3) is 2.23. The molecule has 0 aliphatic carbocycles. The Hall–Kier alpha value is -2.64. The number of tetrazole rings is 1. The smallest absolute Gasteiger partial charge is 0.258 e. The van der Waals surface area contributed by atoms with Gasteiger partial charge in [0.15, 0.2) is 0 Å². The number of non-ortho nitro benzene ring substituents is 1. The molecule has 0 bridgehead atoms. The highest BCUT2D eigenvalue weighted by Crippen LogP contribution is 2.11. The fraction of sp³-hybridized carbons (Fsp3) is 0. The Morgan fingerprint density at radius 1 is 1.38 bits per heavy atom. The fourth-order valence-corrected chi connectivity index (χ4v) is 1.03. The van der Waals surface area contributed by atoms with Crippen LogP contribution >= 0.6 is 0 Å². The number of aromatic amines is 1. The van der Waals surface area contributed by atoms with E-state index in [1.54, 1.807) is 12.1 Å². The molecule has 0 fully saturated rings. The van der Waals surface area contributed by atoms with Crippen molar-refractivity contribution < 1.29 is 4.92 Å². The first-order chi connectivity index (χ1) is 7.75. The maximum Gasteiger partial charge on any atom is 0.288 e. The topological polar surface area (TPSA) is 110 Å². The lowest BCUT2D eigenvalue weighted by Crippen LogP contribution is -1.88. The average molecular weight is 218 g/mol. The van der Waals surface area contributed by atoms with Crippen LogP contribution in [0.4, 0.5) is 11.6 Å². The highest BCUT2D eigenvalue weighted by Gasteiger charge is 2.02. The van der Waals surface area contributed by atoms with Crippen LogP contribution in [0.3, 0.4) is 0 Å². The van der Waals surface area contributed by atoms with E-state index in [1.165, 1.54) is 18.3 Å². The van der Waals surface area contributed by atoms with Crippen molar-refractivity contribution in [2.24, 2.45) is 4.99 Å². The second-order valence-electron chi connectivity index (χ2n) is 2.82. The molecular formula is C8H6N6O2. The summed E-state index contributed by atoms with van der Waals surface area (Å²) in [6.45, 7) is 0. The van der Waals surface area contributed by atoms with Gasteiger partial charge in [-0.2, -0.15) is 5.21 Å². The summed E-state index contributed by atoms with van der Waals surface area (Å²) in [7, 11) is 0. The average Bonchev–Trinajstić information content (AvgIpc) is 2.80. The summed E-state index contributed by atoms with van der Waals surface area (Å²) in [5, 5.41) is 23.2. The van der Waals surface area contributed by atoms with Crippen molar-refractivity contribution in [1.82, 2.24) is 20.6 Å². The molecule has 8 nitrogen and oxygen atoms in total. The molecule has 0 amide bonds. The van der Waals surface area contributed by atoms with Crippen LogP contribution in [0.1, 0.15) is 5.56 Å². The minimum Gasteiger partial charge on any atom is -0.258 e. The Morgan fingerprint density at radius 3 is 2.69 bits per heavy atom. The Bertz CT molecular complexity index is 504. The normalized spacial score (nSPS) is 10.8. The first kappa shape index (κ1) is 9.90. The van der Waals surface area contributed by atoms with Gasteiger partial charge >= 0.3 is 0 Å². The molecule has 1 aromatic carbocycles. The molecule has 80 valence electrons. The Morgan fingerprint density at radius 2 is 2.12 bits per heavy atom. The third-order valence-corrected chi connectivity index (χ3v) is 1.77. The zero-order valence-corrected chi connectivity index (χ0v) is 7.94. The molecule has 16 heavy (non-hydrogen) atoms. The third-order valence-electron chi connectivity index (χ3n) is 1.77. The van der Waals surface area contributed by atoms with Crippen molar-refractivity contribution in [2.45, 2.75) is 0 Å². The molecule has 1 aromatic heterocycles. The van der Waals surface area contributed by atoms with Gasteiger partial charge in [-0.25, -0.2) is 4.99 Å². The molecule has 8 heteroatoms. The molecule has 0 saturated carbocycles. The van der Waals surface area contributed by atoms with Crippen LogP contribution in [-0.2, 0) is 0 Å². The lowest BCUT2D eigenvalue weighted by Gasteiger charge is -1.91. The van der Waals surface area contributed by atoms with E-state index in [0.717, 1.165) is 5.56 Å². The molecule has 1 heterocycles. The highest BCUT2D eigenvalue weighted by molar-refractivity contribution is 5.81. The van der Waals surface area contributed by atoms with Crippen molar-refractivity contribution in [3.63, 3.8) is 0 Å². The Labute approximate surface area is 89.2 Å². The van der Waals surface area contributed by atoms with Crippen LogP contribution in [0.2, 0.25) is 0 Å². The van der Waals surface area contributed by atoms with Crippen molar-refractivity contribution >= 4 is 17.9 Å². The minimum atomic E-state index is -0.458. The monoisotopic (exact) mass is 218 g/mol. The van der Waals surface area contributed by atoms with Crippen molar-refractivity contribution in [2.75, 3.05) is 0 Å². The maximum absolute atomic E-state index is 10.4. The number of nitrogens with zero attached hydrogens (tertiary/aromatic N) is 5. The molecule has 2 rings (SSSR count). The molecular weight excluding hydrogens is 212 g/mol.